The first-order valence-corrected chi connectivity index (χ1v) is 4.40. The molecule has 0 aliphatic carbocycles. The van der Waals surface area contributed by atoms with E-state index in [9.17, 15) is 4.39 Å². The van der Waals surface area contributed by atoms with E-state index in [1.54, 1.807) is 0 Å². The molecule has 0 saturated carbocycles. The van der Waals surface area contributed by atoms with Crippen molar-refractivity contribution in [3.05, 3.63) is 18.3 Å². The number of hydrogen-bond donors (Lipinski definition) is 0. The van der Waals surface area contributed by atoms with Crippen LogP contribution in [0.15, 0.2) is 12.4 Å². The maximum absolute atomic E-state index is 13.2. The Hall–Kier alpha value is -1.19. The van der Waals surface area contributed by atoms with Gasteiger partial charge in [0, 0.05) is 25.0 Å². The standard InChI is InChI=1S/C9H14FN3/c1-4-13(7(2)3)9-8(10)11-5-6-12-9/h5-7H,4H2,1-3H3. The first kappa shape index (κ1) is 9.89. The van der Waals surface area contributed by atoms with Gasteiger partial charge in [-0.3, -0.25) is 0 Å². The van der Waals surface area contributed by atoms with E-state index in [0.29, 0.717) is 5.82 Å². The van der Waals surface area contributed by atoms with Crippen LogP contribution in [-0.4, -0.2) is 22.6 Å². The summed E-state index contributed by atoms with van der Waals surface area (Å²) in [4.78, 5) is 9.38. The predicted molar refractivity (Wildman–Crippen MR) is 50.1 cm³/mol. The average molecular weight is 183 g/mol. The van der Waals surface area contributed by atoms with Crippen LogP contribution >= 0.6 is 0 Å². The molecule has 0 aliphatic heterocycles. The normalized spacial score (nSPS) is 10.5. The lowest BCUT2D eigenvalue weighted by molar-refractivity contribution is 0.558. The highest BCUT2D eigenvalue weighted by molar-refractivity contribution is 5.37. The lowest BCUT2D eigenvalue weighted by Crippen LogP contribution is -2.32. The van der Waals surface area contributed by atoms with Crippen molar-refractivity contribution < 1.29 is 4.39 Å². The molecule has 1 aromatic heterocycles. The summed E-state index contributed by atoms with van der Waals surface area (Å²) in [5.41, 5.74) is 0. The first-order chi connectivity index (χ1) is 6.16. The van der Waals surface area contributed by atoms with Crippen LogP contribution in [0.25, 0.3) is 0 Å². The van der Waals surface area contributed by atoms with Gasteiger partial charge in [-0.2, -0.15) is 4.39 Å². The van der Waals surface area contributed by atoms with Gasteiger partial charge < -0.3 is 4.90 Å². The summed E-state index contributed by atoms with van der Waals surface area (Å²) in [6.45, 7) is 6.69. The van der Waals surface area contributed by atoms with Gasteiger partial charge in [-0.25, -0.2) is 9.97 Å². The lowest BCUT2D eigenvalue weighted by Gasteiger charge is -2.25. The van der Waals surface area contributed by atoms with Gasteiger partial charge in [-0.1, -0.05) is 0 Å². The lowest BCUT2D eigenvalue weighted by atomic mass is 10.3. The van der Waals surface area contributed by atoms with Crippen LogP contribution < -0.4 is 4.90 Å². The number of nitrogens with zero attached hydrogens (tertiary/aromatic N) is 3. The largest absolute Gasteiger partial charge is 0.351 e. The van der Waals surface area contributed by atoms with Crippen molar-refractivity contribution in [3.63, 3.8) is 0 Å². The Labute approximate surface area is 77.6 Å². The van der Waals surface area contributed by atoms with Crippen LogP contribution in [0.5, 0.6) is 0 Å². The Kier molecular flexibility index (Phi) is 3.17. The minimum atomic E-state index is -0.502. The van der Waals surface area contributed by atoms with Gasteiger partial charge in [0.15, 0.2) is 5.82 Å². The monoisotopic (exact) mass is 183 g/mol. The summed E-state index contributed by atoms with van der Waals surface area (Å²) in [5, 5.41) is 0. The molecular weight excluding hydrogens is 169 g/mol. The molecule has 0 unspecified atom stereocenters. The topological polar surface area (TPSA) is 29.0 Å². The molecule has 4 heteroatoms. The second kappa shape index (κ2) is 4.16. The molecule has 72 valence electrons. The van der Waals surface area contributed by atoms with E-state index in [-0.39, 0.29) is 6.04 Å². The smallest absolute Gasteiger partial charge is 0.255 e. The van der Waals surface area contributed by atoms with Crippen molar-refractivity contribution in [1.29, 1.82) is 0 Å². The van der Waals surface area contributed by atoms with Gasteiger partial charge in [-0.15, -0.1) is 0 Å². The van der Waals surface area contributed by atoms with Crippen molar-refractivity contribution in [2.45, 2.75) is 26.8 Å². The number of anilines is 1. The van der Waals surface area contributed by atoms with E-state index in [2.05, 4.69) is 9.97 Å². The van der Waals surface area contributed by atoms with Crippen LogP contribution in [0.2, 0.25) is 0 Å². The molecule has 13 heavy (non-hydrogen) atoms. The third-order valence-corrected chi connectivity index (χ3v) is 1.87. The molecule has 0 saturated heterocycles. The van der Waals surface area contributed by atoms with E-state index in [1.165, 1.54) is 12.4 Å². The second-order valence-electron chi connectivity index (χ2n) is 3.05. The Morgan fingerprint density at radius 2 is 2.00 bits per heavy atom. The van der Waals surface area contributed by atoms with Gasteiger partial charge in [0.05, 0.1) is 0 Å². The summed E-state index contributed by atoms with van der Waals surface area (Å²) >= 11 is 0. The number of halogens is 1. The fourth-order valence-corrected chi connectivity index (χ4v) is 1.27. The highest BCUT2D eigenvalue weighted by Crippen LogP contribution is 2.15. The quantitative estimate of drug-likeness (QED) is 0.716. The highest BCUT2D eigenvalue weighted by Gasteiger charge is 2.14. The fourth-order valence-electron chi connectivity index (χ4n) is 1.27. The molecule has 0 fully saturated rings. The zero-order chi connectivity index (χ0) is 9.84. The maximum atomic E-state index is 13.2. The van der Waals surface area contributed by atoms with E-state index >= 15 is 0 Å². The summed E-state index contributed by atoms with van der Waals surface area (Å²) in [6, 6.07) is 0.233. The van der Waals surface area contributed by atoms with Crippen LogP contribution in [0.3, 0.4) is 0 Å². The first-order valence-electron chi connectivity index (χ1n) is 4.40. The second-order valence-corrected chi connectivity index (χ2v) is 3.05. The van der Waals surface area contributed by atoms with Gasteiger partial charge >= 0.3 is 0 Å². The van der Waals surface area contributed by atoms with Gasteiger partial charge in [0.1, 0.15) is 0 Å². The Morgan fingerprint density at radius 3 is 2.46 bits per heavy atom. The number of hydrogen-bond acceptors (Lipinski definition) is 3. The Balaban J connectivity index is 2.97. The third-order valence-electron chi connectivity index (χ3n) is 1.87. The third kappa shape index (κ3) is 2.14. The Bertz CT molecular complexity index is 275. The van der Waals surface area contributed by atoms with E-state index < -0.39 is 5.95 Å². The number of rotatable bonds is 3. The molecule has 0 N–H and O–H groups in total. The highest BCUT2D eigenvalue weighted by atomic mass is 19.1. The molecule has 1 rings (SSSR count). The minimum Gasteiger partial charge on any atom is -0.351 e. The minimum absolute atomic E-state index is 0.233. The molecule has 1 heterocycles. The van der Waals surface area contributed by atoms with Crippen LogP contribution in [-0.2, 0) is 0 Å². The fraction of sp³-hybridized carbons (Fsp3) is 0.556. The molecule has 0 radical (unpaired) electrons. The average Bonchev–Trinajstić information content (AvgIpc) is 2.09. The SMILES string of the molecule is CCN(c1nccnc1F)C(C)C. The van der Waals surface area contributed by atoms with Crippen molar-refractivity contribution in [1.82, 2.24) is 9.97 Å². The van der Waals surface area contributed by atoms with Crippen molar-refractivity contribution in [2.24, 2.45) is 0 Å². The molecule has 0 spiro atoms. The molecule has 0 bridgehead atoms. The zero-order valence-electron chi connectivity index (χ0n) is 8.16. The van der Waals surface area contributed by atoms with Crippen molar-refractivity contribution in [3.8, 4) is 0 Å². The van der Waals surface area contributed by atoms with Crippen LogP contribution in [0.1, 0.15) is 20.8 Å². The summed E-state index contributed by atoms with van der Waals surface area (Å²) < 4.78 is 13.2. The van der Waals surface area contributed by atoms with Gasteiger partial charge in [0.2, 0.25) is 0 Å². The van der Waals surface area contributed by atoms with Crippen LogP contribution in [0.4, 0.5) is 10.2 Å². The van der Waals surface area contributed by atoms with Gasteiger partial charge in [-0.05, 0) is 20.8 Å². The van der Waals surface area contributed by atoms with Crippen molar-refractivity contribution >= 4 is 5.82 Å². The van der Waals surface area contributed by atoms with E-state index in [0.717, 1.165) is 6.54 Å². The summed E-state index contributed by atoms with van der Waals surface area (Å²) in [7, 11) is 0. The zero-order valence-corrected chi connectivity index (χ0v) is 8.16. The van der Waals surface area contributed by atoms with Crippen molar-refractivity contribution in [2.75, 3.05) is 11.4 Å². The summed E-state index contributed by atoms with van der Waals surface area (Å²) in [5.74, 6) is -0.168. The number of aromatic nitrogens is 2. The maximum Gasteiger partial charge on any atom is 0.255 e. The molecule has 3 nitrogen and oxygen atoms in total. The molecule has 0 amide bonds. The van der Waals surface area contributed by atoms with E-state index in [1.807, 2.05) is 25.7 Å². The molecule has 0 aliphatic rings. The predicted octanol–water partition coefficient (Wildman–Crippen LogP) is 1.85. The van der Waals surface area contributed by atoms with Crippen LogP contribution in [0, 0.1) is 5.95 Å². The molecule has 0 atom stereocenters. The molecular formula is C9H14FN3. The molecule has 1 aromatic rings. The van der Waals surface area contributed by atoms with Gasteiger partial charge in [0.25, 0.3) is 5.95 Å². The van der Waals surface area contributed by atoms with E-state index in [4.69, 9.17) is 0 Å². The summed E-state index contributed by atoms with van der Waals surface area (Å²) in [6.07, 6.45) is 2.86. The Morgan fingerprint density at radius 1 is 1.38 bits per heavy atom. The molecule has 0 aromatic carbocycles.